The number of rotatable bonds is 9. The molecule has 0 radical (unpaired) electrons. The minimum absolute atomic E-state index is 0.0294. The number of amides is 4. The Balaban J connectivity index is 1.86. The van der Waals surface area contributed by atoms with Crippen LogP contribution in [-0.4, -0.2) is 55.2 Å². The molecular weight excluding hydrogens is 492 g/mol. The Hall–Kier alpha value is -4.12. The van der Waals surface area contributed by atoms with Gasteiger partial charge in [-0.25, -0.2) is 9.69 Å². The van der Waals surface area contributed by atoms with E-state index < -0.39 is 47.2 Å². The number of anilines is 1. The Kier molecular flexibility index (Phi) is 7.32. The molecule has 0 spiro atoms. The summed E-state index contributed by atoms with van der Waals surface area (Å²) in [6.45, 7) is 3.70. The fourth-order valence-corrected chi connectivity index (χ4v) is 5.86. The van der Waals surface area contributed by atoms with Gasteiger partial charge in [0.2, 0.25) is 11.8 Å². The third-order valence-corrected chi connectivity index (χ3v) is 7.59. The molecule has 0 saturated carbocycles. The number of benzene rings is 2. The fourth-order valence-electron chi connectivity index (χ4n) is 5.86. The van der Waals surface area contributed by atoms with Crippen LogP contribution >= 0.6 is 0 Å². The van der Waals surface area contributed by atoms with Gasteiger partial charge in [-0.15, -0.1) is 0 Å². The van der Waals surface area contributed by atoms with Crippen molar-refractivity contribution in [3.63, 3.8) is 0 Å². The number of nitrogens with one attached hydrogen (secondary N) is 2. The average molecular weight is 525 g/mol. The summed E-state index contributed by atoms with van der Waals surface area (Å²) >= 11 is 0. The van der Waals surface area contributed by atoms with Crippen LogP contribution in [0.5, 0.6) is 11.5 Å². The minimum Gasteiger partial charge on any atom is -0.496 e. The molecule has 0 aromatic heterocycles. The van der Waals surface area contributed by atoms with E-state index in [1.165, 1.54) is 14.2 Å². The lowest BCUT2D eigenvalue weighted by Crippen LogP contribution is -2.56. The molecule has 4 unspecified atom stereocenters. The van der Waals surface area contributed by atoms with Gasteiger partial charge in [-0.1, -0.05) is 24.3 Å². The number of carbonyl (C=O) groups is 4. The van der Waals surface area contributed by atoms with E-state index in [2.05, 4.69) is 10.6 Å². The number of carbonyl (C=O) groups excluding carboxylic acids is 3. The number of ether oxygens (including phenoxy) is 2. The van der Waals surface area contributed by atoms with Crippen LogP contribution in [0.2, 0.25) is 0 Å². The van der Waals surface area contributed by atoms with Crippen molar-refractivity contribution in [3.05, 3.63) is 53.1 Å². The van der Waals surface area contributed by atoms with E-state index in [9.17, 15) is 24.3 Å². The summed E-state index contributed by atoms with van der Waals surface area (Å²) in [6, 6.07) is 8.85. The smallest absolute Gasteiger partial charge is 0.324 e. The molecule has 5 N–H and O–H groups in total. The molecule has 2 heterocycles. The van der Waals surface area contributed by atoms with Crippen molar-refractivity contribution < 1.29 is 33.8 Å². The van der Waals surface area contributed by atoms with Crippen molar-refractivity contribution in [2.75, 3.05) is 25.7 Å². The Bertz CT molecular complexity index is 1300. The van der Waals surface area contributed by atoms with Crippen LogP contribution in [0, 0.1) is 25.7 Å². The number of primary amides is 1. The van der Waals surface area contributed by atoms with Crippen LogP contribution < -0.4 is 30.7 Å². The van der Waals surface area contributed by atoms with Gasteiger partial charge >= 0.3 is 12.0 Å². The second-order valence-corrected chi connectivity index (χ2v) is 9.61. The molecule has 2 aliphatic heterocycles. The maximum Gasteiger partial charge on any atom is 0.324 e. The number of carboxylic acid groups (broad SMARTS) is 1. The highest BCUT2D eigenvalue weighted by molar-refractivity contribution is 6.24. The number of aliphatic carboxylic acids is 1. The van der Waals surface area contributed by atoms with Gasteiger partial charge in [0.15, 0.2) is 0 Å². The number of hydrogen-bond acceptors (Lipinski definition) is 7. The largest absolute Gasteiger partial charge is 0.496 e. The van der Waals surface area contributed by atoms with Crippen LogP contribution in [0.3, 0.4) is 0 Å². The second-order valence-electron chi connectivity index (χ2n) is 9.61. The Morgan fingerprint density at radius 3 is 2.42 bits per heavy atom. The normalized spacial score (nSPS) is 24.3. The van der Waals surface area contributed by atoms with Crippen molar-refractivity contribution in [3.8, 4) is 11.5 Å². The number of nitrogens with two attached hydrogens (primary N) is 1. The fraction of sp³-hybridized carbons (Fsp3) is 0.407. The van der Waals surface area contributed by atoms with Crippen molar-refractivity contribution >= 4 is 29.5 Å². The van der Waals surface area contributed by atoms with Gasteiger partial charge in [-0.2, -0.15) is 0 Å². The van der Waals surface area contributed by atoms with Gasteiger partial charge in [0.25, 0.3) is 0 Å². The zero-order valence-electron chi connectivity index (χ0n) is 21.7. The van der Waals surface area contributed by atoms with E-state index in [1.807, 2.05) is 0 Å². The van der Waals surface area contributed by atoms with Crippen molar-refractivity contribution in [1.29, 1.82) is 0 Å². The van der Waals surface area contributed by atoms with Gasteiger partial charge in [0.05, 0.1) is 31.7 Å². The van der Waals surface area contributed by atoms with Crippen molar-refractivity contribution in [2.24, 2.45) is 17.6 Å². The van der Waals surface area contributed by atoms with Gasteiger partial charge < -0.3 is 25.6 Å². The molecule has 202 valence electrons. The number of aryl methyl sites for hydroxylation is 1. The van der Waals surface area contributed by atoms with E-state index in [0.29, 0.717) is 33.9 Å². The summed E-state index contributed by atoms with van der Waals surface area (Å²) < 4.78 is 11.1. The molecule has 0 bridgehead atoms. The van der Waals surface area contributed by atoms with Crippen LogP contribution in [0.15, 0.2) is 36.4 Å². The number of nitrogens with zero attached hydrogens (tertiary/aromatic N) is 1. The molecule has 2 aromatic rings. The number of hydrogen-bond donors (Lipinski definition) is 4. The Morgan fingerprint density at radius 1 is 1.11 bits per heavy atom. The quantitative estimate of drug-likeness (QED) is 0.286. The number of para-hydroxylation sites is 1. The van der Waals surface area contributed by atoms with E-state index in [4.69, 9.17) is 15.2 Å². The lowest BCUT2D eigenvalue weighted by Gasteiger charge is -2.32. The third-order valence-electron chi connectivity index (χ3n) is 7.59. The number of fused-ring (bicyclic) bond motifs is 1. The highest BCUT2D eigenvalue weighted by atomic mass is 16.5. The second kappa shape index (κ2) is 10.3. The summed E-state index contributed by atoms with van der Waals surface area (Å²) in [4.78, 5) is 53.2. The van der Waals surface area contributed by atoms with Gasteiger partial charge in [0.1, 0.15) is 17.0 Å². The summed E-state index contributed by atoms with van der Waals surface area (Å²) in [5, 5.41) is 16.2. The molecule has 2 aliphatic rings. The molecular formula is C27H32N4O7. The van der Waals surface area contributed by atoms with E-state index in [0.717, 1.165) is 4.90 Å². The molecule has 38 heavy (non-hydrogen) atoms. The minimum atomic E-state index is -1.78. The highest BCUT2D eigenvalue weighted by Gasteiger charge is 2.68. The van der Waals surface area contributed by atoms with Gasteiger partial charge in [-0.05, 0) is 44.4 Å². The van der Waals surface area contributed by atoms with Crippen molar-refractivity contribution in [2.45, 2.75) is 38.3 Å². The Morgan fingerprint density at radius 2 is 1.82 bits per heavy atom. The van der Waals surface area contributed by atoms with Crippen LogP contribution in [0.4, 0.5) is 10.5 Å². The Labute approximate surface area is 220 Å². The monoisotopic (exact) mass is 524 g/mol. The summed E-state index contributed by atoms with van der Waals surface area (Å²) in [5.74, 6) is -3.53. The molecule has 2 aromatic carbocycles. The number of carboxylic acids is 1. The third kappa shape index (κ3) is 4.22. The molecule has 11 heteroatoms. The molecule has 4 atom stereocenters. The molecule has 2 fully saturated rings. The van der Waals surface area contributed by atoms with Crippen LogP contribution in [0.25, 0.3) is 0 Å². The van der Waals surface area contributed by atoms with E-state index in [1.54, 1.807) is 50.2 Å². The predicted octanol–water partition coefficient (Wildman–Crippen LogP) is 2.04. The molecule has 4 rings (SSSR count). The maximum absolute atomic E-state index is 14.0. The van der Waals surface area contributed by atoms with E-state index in [-0.39, 0.29) is 19.4 Å². The lowest BCUT2D eigenvalue weighted by atomic mass is 9.76. The van der Waals surface area contributed by atoms with Crippen LogP contribution in [0.1, 0.15) is 35.6 Å². The molecule has 0 aliphatic carbocycles. The van der Waals surface area contributed by atoms with Crippen molar-refractivity contribution in [1.82, 2.24) is 10.6 Å². The molecule has 11 nitrogen and oxygen atoms in total. The number of methoxy groups -OCH3 is 2. The number of urea groups is 1. The first-order chi connectivity index (χ1) is 18.1. The first kappa shape index (κ1) is 26.9. The standard InChI is InChI=1S/C27H32N4O7/c1-14-8-5-6-9-17(14)31-23(32)19-20(24(31)33)27(25(34)35,12-7-13-29-26(28)36)30-21(19)16-10-11-18(37-3)15(2)22(16)38-4/h5-6,8-11,19-21,30H,7,12-13H2,1-4H3,(H,34,35)(H3,28,29,36). The summed E-state index contributed by atoms with van der Waals surface area (Å²) in [6.07, 6.45) is 0.182. The zero-order chi connectivity index (χ0) is 27.8. The van der Waals surface area contributed by atoms with Gasteiger partial charge in [-0.3, -0.25) is 19.7 Å². The predicted molar refractivity (Wildman–Crippen MR) is 138 cm³/mol. The first-order valence-corrected chi connectivity index (χ1v) is 12.3. The highest BCUT2D eigenvalue weighted by Crippen LogP contribution is 2.53. The SMILES string of the molecule is COc1ccc(C2NC(CCCNC(N)=O)(C(=O)O)C3C(=O)N(c4ccccc4C)C(=O)C23)c(OC)c1C. The average Bonchev–Trinajstić information content (AvgIpc) is 3.36. The van der Waals surface area contributed by atoms with E-state index >= 15 is 0 Å². The topological polar surface area (TPSA) is 160 Å². The molecule has 4 amide bonds. The first-order valence-electron chi connectivity index (χ1n) is 12.3. The summed E-state index contributed by atoms with van der Waals surface area (Å²) in [7, 11) is 3.01. The number of imide groups is 1. The van der Waals surface area contributed by atoms with Crippen LogP contribution in [-0.2, 0) is 14.4 Å². The molecule has 2 saturated heterocycles. The van der Waals surface area contributed by atoms with Gasteiger partial charge in [0, 0.05) is 23.7 Å². The maximum atomic E-state index is 14.0. The zero-order valence-corrected chi connectivity index (χ0v) is 21.7. The lowest BCUT2D eigenvalue weighted by molar-refractivity contribution is -0.149. The summed E-state index contributed by atoms with van der Waals surface area (Å²) in [5.41, 5.74) is 5.73.